The summed E-state index contributed by atoms with van der Waals surface area (Å²) in [6, 6.07) is 5.29. The lowest BCUT2D eigenvalue weighted by atomic mass is 10.1. The molecular formula is C29H29ClFN7O3. The molecule has 0 bridgehead atoms. The predicted molar refractivity (Wildman–Crippen MR) is 155 cm³/mol. The smallest absolute Gasteiger partial charge is 0.355 e. The number of fused-ring (bicyclic) bond motifs is 1. The molecule has 212 valence electrons. The maximum absolute atomic E-state index is 15.0. The maximum Gasteiger partial charge on any atom is 0.355 e. The van der Waals surface area contributed by atoms with Crippen LogP contribution in [0.1, 0.15) is 31.7 Å². The quantitative estimate of drug-likeness (QED) is 0.339. The van der Waals surface area contributed by atoms with Gasteiger partial charge in [-0.05, 0) is 44.5 Å². The number of hydrogen-bond donors (Lipinski definition) is 1. The highest BCUT2D eigenvalue weighted by molar-refractivity contribution is 6.34. The van der Waals surface area contributed by atoms with E-state index in [1.165, 1.54) is 35.2 Å². The van der Waals surface area contributed by atoms with Crippen LogP contribution < -0.4 is 10.6 Å². The molecule has 1 saturated heterocycles. The molecule has 4 aromatic rings. The van der Waals surface area contributed by atoms with Crippen molar-refractivity contribution in [1.82, 2.24) is 29.4 Å². The van der Waals surface area contributed by atoms with Crippen LogP contribution in [0.2, 0.25) is 5.02 Å². The zero-order valence-corrected chi connectivity index (χ0v) is 23.7. The summed E-state index contributed by atoms with van der Waals surface area (Å²) in [6.07, 6.45) is 4.05. The van der Waals surface area contributed by atoms with Crippen LogP contribution in [0.4, 0.5) is 10.2 Å². The number of aromatic nitrogens is 5. The largest absolute Gasteiger partial charge is 0.507 e. The van der Waals surface area contributed by atoms with Crippen molar-refractivity contribution in [1.29, 1.82) is 0 Å². The van der Waals surface area contributed by atoms with Crippen molar-refractivity contribution in [3.63, 3.8) is 0 Å². The molecule has 0 unspecified atom stereocenters. The lowest BCUT2D eigenvalue weighted by Gasteiger charge is -2.40. The molecule has 1 amide bonds. The number of benzene rings is 1. The normalized spacial score (nSPS) is 15.4. The number of amides is 1. The fourth-order valence-corrected chi connectivity index (χ4v) is 5.52. The van der Waals surface area contributed by atoms with Gasteiger partial charge in [0.15, 0.2) is 5.65 Å². The van der Waals surface area contributed by atoms with Crippen molar-refractivity contribution in [3.8, 4) is 22.7 Å². The third kappa shape index (κ3) is 5.01. The molecule has 0 aliphatic carbocycles. The van der Waals surface area contributed by atoms with E-state index in [9.17, 15) is 19.1 Å². The van der Waals surface area contributed by atoms with Gasteiger partial charge in [-0.3, -0.25) is 4.79 Å². The summed E-state index contributed by atoms with van der Waals surface area (Å²) in [4.78, 5) is 47.7. The first kappa shape index (κ1) is 28.2. The number of phenols is 1. The van der Waals surface area contributed by atoms with E-state index in [4.69, 9.17) is 16.6 Å². The Balaban J connectivity index is 1.82. The first-order valence-corrected chi connectivity index (χ1v) is 13.6. The van der Waals surface area contributed by atoms with Crippen molar-refractivity contribution in [3.05, 3.63) is 76.0 Å². The number of aryl methyl sites for hydroxylation is 2. The minimum absolute atomic E-state index is 0.0268. The van der Waals surface area contributed by atoms with Crippen LogP contribution in [0.5, 0.6) is 5.75 Å². The van der Waals surface area contributed by atoms with Gasteiger partial charge in [-0.2, -0.15) is 4.98 Å². The number of anilines is 1. The highest BCUT2D eigenvalue weighted by atomic mass is 35.5. The topological polar surface area (TPSA) is 117 Å². The molecule has 1 atom stereocenters. The summed E-state index contributed by atoms with van der Waals surface area (Å²) in [5, 5.41) is 11.0. The van der Waals surface area contributed by atoms with Gasteiger partial charge >= 0.3 is 5.69 Å². The van der Waals surface area contributed by atoms with Crippen LogP contribution >= 0.6 is 11.6 Å². The second-order valence-corrected chi connectivity index (χ2v) is 10.3. The average Bonchev–Trinajstić information content (AvgIpc) is 2.94. The molecule has 10 nitrogen and oxygen atoms in total. The second-order valence-electron chi connectivity index (χ2n) is 9.91. The molecule has 1 N–H and O–H groups in total. The van der Waals surface area contributed by atoms with Gasteiger partial charge < -0.3 is 14.9 Å². The molecule has 1 aromatic carbocycles. The van der Waals surface area contributed by atoms with Gasteiger partial charge in [0.1, 0.15) is 23.7 Å². The standard InChI is InChI=1S/C29H29ClFN7O3/c1-5-8-21-26(17(4)32-15-33-21)38-28-18(13-19(30)25(34-28)24-20(31)9-7-10-22(24)39)27(35-29(38)41)37-12-11-36(14-16(37)3)23(40)6-2/h6-7,9-10,13,15-16,39H,2,5,8,11-12,14H2,1,3-4H3/t16-/m0/s1. The maximum atomic E-state index is 15.0. The molecule has 4 heterocycles. The fourth-order valence-electron chi connectivity index (χ4n) is 5.28. The van der Waals surface area contributed by atoms with Crippen molar-refractivity contribution >= 4 is 34.4 Å². The van der Waals surface area contributed by atoms with Crippen LogP contribution in [0.15, 0.2) is 48.0 Å². The van der Waals surface area contributed by atoms with Crippen molar-refractivity contribution < 1.29 is 14.3 Å². The van der Waals surface area contributed by atoms with Crippen LogP contribution in [-0.2, 0) is 11.2 Å². The van der Waals surface area contributed by atoms with Crippen LogP contribution in [0.25, 0.3) is 28.0 Å². The predicted octanol–water partition coefficient (Wildman–Crippen LogP) is 4.22. The first-order chi connectivity index (χ1) is 19.7. The molecule has 41 heavy (non-hydrogen) atoms. The van der Waals surface area contributed by atoms with Gasteiger partial charge in [-0.15, -0.1) is 0 Å². The van der Waals surface area contributed by atoms with Crippen LogP contribution in [-0.4, -0.2) is 66.1 Å². The Morgan fingerprint density at radius 2 is 2.05 bits per heavy atom. The second kappa shape index (κ2) is 11.2. The van der Waals surface area contributed by atoms with Crippen molar-refractivity contribution in [2.24, 2.45) is 0 Å². The molecular weight excluding hydrogens is 549 g/mol. The highest BCUT2D eigenvalue weighted by Crippen LogP contribution is 2.38. The van der Waals surface area contributed by atoms with Gasteiger partial charge in [0.2, 0.25) is 5.91 Å². The molecule has 0 spiro atoms. The SMILES string of the molecule is C=CC(=O)N1CCN(c2nc(=O)n(-c3c(C)ncnc3CCC)c3nc(-c4c(O)cccc4F)c(Cl)cc23)[C@@H](C)C1. The van der Waals surface area contributed by atoms with E-state index in [0.717, 1.165) is 6.42 Å². The average molecular weight is 578 g/mol. The molecule has 0 saturated carbocycles. The van der Waals surface area contributed by atoms with E-state index in [0.29, 0.717) is 54.3 Å². The van der Waals surface area contributed by atoms with E-state index < -0.39 is 11.5 Å². The first-order valence-electron chi connectivity index (χ1n) is 13.3. The Kier molecular flexibility index (Phi) is 7.72. The van der Waals surface area contributed by atoms with E-state index in [-0.39, 0.29) is 39.6 Å². The molecule has 0 radical (unpaired) electrons. The zero-order chi connectivity index (χ0) is 29.4. The Morgan fingerprint density at radius 3 is 2.73 bits per heavy atom. The Hall–Kier alpha value is -4.38. The van der Waals surface area contributed by atoms with Gasteiger partial charge in [0.25, 0.3) is 0 Å². The summed E-state index contributed by atoms with van der Waals surface area (Å²) >= 11 is 6.70. The van der Waals surface area contributed by atoms with Crippen molar-refractivity contribution in [2.75, 3.05) is 24.5 Å². The minimum atomic E-state index is -0.718. The number of carbonyl (C=O) groups is 1. The summed E-state index contributed by atoms with van der Waals surface area (Å²) in [5.41, 5.74) is 0.939. The summed E-state index contributed by atoms with van der Waals surface area (Å²) in [5.74, 6) is -0.898. The van der Waals surface area contributed by atoms with Gasteiger partial charge in [-0.25, -0.2) is 28.7 Å². The molecule has 1 aliphatic rings. The summed E-state index contributed by atoms with van der Waals surface area (Å²) in [7, 11) is 0. The molecule has 12 heteroatoms. The van der Waals surface area contributed by atoms with E-state index in [1.54, 1.807) is 17.9 Å². The number of hydrogen-bond acceptors (Lipinski definition) is 8. The molecule has 3 aromatic heterocycles. The van der Waals surface area contributed by atoms with Gasteiger partial charge in [-0.1, -0.05) is 37.6 Å². The van der Waals surface area contributed by atoms with E-state index in [2.05, 4.69) is 21.5 Å². The Labute approximate surface area is 240 Å². The summed E-state index contributed by atoms with van der Waals surface area (Å²) in [6.45, 7) is 10.5. The third-order valence-electron chi connectivity index (χ3n) is 7.21. The number of aromatic hydroxyl groups is 1. The number of nitrogens with zero attached hydrogens (tertiary/aromatic N) is 7. The van der Waals surface area contributed by atoms with Gasteiger partial charge in [0, 0.05) is 25.7 Å². The van der Waals surface area contributed by atoms with E-state index >= 15 is 0 Å². The van der Waals surface area contributed by atoms with Crippen LogP contribution in [0, 0.1) is 12.7 Å². The fraction of sp³-hybridized carbons (Fsp3) is 0.310. The third-order valence-corrected chi connectivity index (χ3v) is 7.50. The number of pyridine rings is 1. The number of phenolic OH excluding ortho intramolecular Hbond substituents is 1. The Morgan fingerprint density at radius 1 is 1.27 bits per heavy atom. The number of rotatable bonds is 6. The van der Waals surface area contributed by atoms with Crippen molar-refractivity contribution in [2.45, 2.75) is 39.7 Å². The molecule has 5 rings (SSSR count). The highest BCUT2D eigenvalue weighted by Gasteiger charge is 2.30. The molecule has 1 aliphatic heterocycles. The van der Waals surface area contributed by atoms with E-state index in [1.807, 2.05) is 18.7 Å². The number of carbonyl (C=O) groups excluding carboxylic acids is 1. The zero-order valence-electron chi connectivity index (χ0n) is 22.9. The lowest BCUT2D eigenvalue weighted by molar-refractivity contribution is -0.126. The summed E-state index contributed by atoms with van der Waals surface area (Å²) < 4.78 is 16.3. The Bertz CT molecular complexity index is 1720. The lowest BCUT2D eigenvalue weighted by Crippen LogP contribution is -2.54. The van der Waals surface area contributed by atoms with Crippen LogP contribution in [0.3, 0.4) is 0 Å². The molecule has 1 fully saturated rings. The number of halogens is 2. The minimum Gasteiger partial charge on any atom is -0.507 e. The van der Waals surface area contributed by atoms with Gasteiger partial charge in [0.05, 0.1) is 38.7 Å². The monoisotopic (exact) mass is 577 g/mol. The number of piperazine rings is 1.